The van der Waals surface area contributed by atoms with E-state index in [1.54, 1.807) is 13.0 Å². The van der Waals surface area contributed by atoms with Gasteiger partial charge in [0.05, 0.1) is 6.61 Å². The van der Waals surface area contributed by atoms with Crippen LogP contribution in [0.2, 0.25) is 0 Å². The zero-order valence-corrected chi connectivity index (χ0v) is 14.0. The van der Waals surface area contributed by atoms with Gasteiger partial charge in [0.1, 0.15) is 11.6 Å². The number of aryl methyl sites for hydroxylation is 1. The van der Waals surface area contributed by atoms with Gasteiger partial charge in [-0.2, -0.15) is 0 Å². The molecule has 0 spiro atoms. The van der Waals surface area contributed by atoms with Gasteiger partial charge in [0.2, 0.25) is 0 Å². The fraction of sp³-hybridized carbons (Fsp3) is 0.667. The fourth-order valence-electron chi connectivity index (χ4n) is 2.44. The molecular formula is C18H30FNO. The van der Waals surface area contributed by atoms with Gasteiger partial charge in [-0.3, -0.25) is 0 Å². The zero-order chi connectivity index (χ0) is 15.7. The summed E-state index contributed by atoms with van der Waals surface area (Å²) in [5.41, 5.74) is 1.55. The van der Waals surface area contributed by atoms with E-state index in [0.717, 1.165) is 24.3 Å². The normalized spacial score (nSPS) is 12.4. The van der Waals surface area contributed by atoms with Crippen molar-refractivity contribution in [3.8, 4) is 5.75 Å². The van der Waals surface area contributed by atoms with E-state index in [2.05, 4.69) is 19.2 Å². The summed E-state index contributed by atoms with van der Waals surface area (Å²) in [5, 5.41) is 3.32. The number of halogens is 1. The third kappa shape index (κ3) is 6.04. The van der Waals surface area contributed by atoms with Gasteiger partial charge in [0.25, 0.3) is 0 Å². The van der Waals surface area contributed by atoms with Gasteiger partial charge in [0, 0.05) is 11.6 Å². The van der Waals surface area contributed by atoms with Crippen LogP contribution in [0, 0.1) is 12.7 Å². The highest BCUT2D eigenvalue weighted by Crippen LogP contribution is 2.28. The Bertz CT molecular complexity index is 420. The van der Waals surface area contributed by atoms with Crippen LogP contribution >= 0.6 is 0 Å². The Balaban J connectivity index is 2.64. The maximum atomic E-state index is 13.8. The van der Waals surface area contributed by atoms with Crippen LogP contribution in [0.3, 0.4) is 0 Å². The van der Waals surface area contributed by atoms with Gasteiger partial charge in [-0.15, -0.1) is 0 Å². The first kappa shape index (κ1) is 18.0. The van der Waals surface area contributed by atoms with Gasteiger partial charge in [-0.25, -0.2) is 4.39 Å². The largest absolute Gasteiger partial charge is 0.493 e. The Morgan fingerprint density at radius 2 is 1.86 bits per heavy atom. The average Bonchev–Trinajstić information content (AvgIpc) is 2.46. The highest BCUT2D eigenvalue weighted by molar-refractivity contribution is 5.40. The first-order valence-electron chi connectivity index (χ1n) is 8.26. The second-order valence-electron chi connectivity index (χ2n) is 5.68. The van der Waals surface area contributed by atoms with Crippen LogP contribution in [0.25, 0.3) is 0 Å². The summed E-state index contributed by atoms with van der Waals surface area (Å²) < 4.78 is 19.7. The molecular weight excluding hydrogens is 265 g/mol. The first-order chi connectivity index (χ1) is 10.1. The molecule has 1 atom stereocenters. The summed E-state index contributed by atoms with van der Waals surface area (Å²) in [6.07, 6.45) is 6.07. The van der Waals surface area contributed by atoms with Crippen molar-refractivity contribution in [3.05, 3.63) is 29.1 Å². The van der Waals surface area contributed by atoms with Crippen LogP contribution < -0.4 is 10.1 Å². The van der Waals surface area contributed by atoms with Gasteiger partial charge < -0.3 is 10.1 Å². The smallest absolute Gasteiger partial charge is 0.126 e. The molecule has 2 nitrogen and oxygen atoms in total. The number of rotatable bonds is 10. The van der Waals surface area contributed by atoms with Crippen molar-refractivity contribution >= 4 is 0 Å². The topological polar surface area (TPSA) is 21.3 Å². The summed E-state index contributed by atoms with van der Waals surface area (Å²) in [5.74, 6) is 0.655. The van der Waals surface area contributed by atoms with Gasteiger partial charge in [-0.1, -0.05) is 39.5 Å². The summed E-state index contributed by atoms with van der Waals surface area (Å²) in [6, 6.07) is 3.53. The Kier molecular flexibility index (Phi) is 8.36. The summed E-state index contributed by atoms with van der Waals surface area (Å²) in [6.45, 7) is 9.65. The molecule has 0 radical (unpaired) electrons. The molecule has 0 aliphatic rings. The molecule has 21 heavy (non-hydrogen) atoms. The number of hydrogen-bond donors (Lipinski definition) is 1. The van der Waals surface area contributed by atoms with Crippen LogP contribution in [-0.4, -0.2) is 13.2 Å². The first-order valence-corrected chi connectivity index (χ1v) is 8.26. The van der Waals surface area contributed by atoms with E-state index < -0.39 is 0 Å². The lowest BCUT2D eigenvalue weighted by atomic mass is 10.0. The quantitative estimate of drug-likeness (QED) is 0.602. The minimum Gasteiger partial charge on any atom is -0.493 e. The number of unbranched alkanes of at least 4 members (excludes halogenated alkanes) is 4. The summed E-state index contributed by atoms with van der Waals surface area (Å²) in [7, 11) is 0. The molecule has 0 aliphatic heterocycles. The molecule has 3 heteroatoms. The van der Waals surface area contributed by atoms with E-state index in [-0.39, 0.29) is 11.9 Å². The standard InChI is InChI=1S/C18H30FNO/c1-5-7-8-9-10-11-21-18-12-14(3)17(19)13-16(18)15(4)20-6-2/h12-13,15,20H,5-11H2,1-4H3. The SMILES string of the molecule is CCCCCCCOc1cc(C)c(F)cc1C(C)NCC. The van der Waals surface area contributed by atoms with Gasteiger partial charge in [-0.05, 0) is 44.5 Å². The van der Waals surface area contributed by atoms with E-state index in [4.69, 9.17) is 4.74 Å². The molecule has 0 aromatic heterocycles. The van der Waals surface area contributed by atoms with Crippen molar-refractivity contribution in [1.82, 2.24) is 5.32 Å². The highest BCUT2D eigenvalue weighted by atomic mass is 19.1. The number of benzene rings is 1. The van der Waals surface area contributed by atoms with Crippen molar-refractivity contribution in [2.24, 2.45) is 0 Å². The molecule has 0 saturated carbocycles. The van der Waals surface area contributed by atoms with Crippen LogP contribution in [0.4, 0.5) is 4.39 Å². The van der Waals surface area contributed by atoms with Crippen LogP contribution in [0.15, 0.2) is 12.1 Å². The molecule has 0 fully saturated rings. The molecule has 0 bridgehead atoms. The predicted octanol–water partition coefficient (Wildman–Crippen LogP) is 5.15. The van der Waals surface area contributed by atoms with Gasteiger partial charge >= 0.3 is 0 Å². The van der Waals surface area contributed by atoms with Crippen molar-refractivity contribution < 1.29 is 9.13 Å². The number of hydrogen-bond acceptors (Lipinski definition) is 2. The Labute approximate surface area is 129 Å². The fourth-order valence-corrected chi connectivity index (χ4v) is 2.44. The van der Waals surface area contributed by atoms with Crippen LogP contribution in [0.1, 0.15) is 70.0 Å². The molecule has 1 aromatic rings. The van der Waals surface area contributed by atoms with Crippen molar-refractivity contribution in [2.75, 3.05) is 13.2 Å². The highest BCUT2D eigenvalue weighted by Gasteiger charge is 2.14. The van der Waals surface area contributed by atoms with E-state index >= 15 is 0 Å². The lowest BCUT2D eigenvalue weighted by Crippen LogP contribution is -2.19. The second kappa shape index (κ2) is 9.78. The number of ether oxygens (including phenoxy) is 1. The van der Waals surface area contributed by atoms with Gasteiger partial charge in [0.15, 0.2) is 0 Å². The molecule has 0 heterocycles. The van der Waals surface area contributed by atoms with E-state index in [1.807, 2.05) is 13.0 Å². The summed E-state index contributed by atoms with van der Waals surface area (Å²) >= 11 is 0. The second-order valence-corrected chi connectivity index (χ2v) is 5.68. The molecule has 0 amide bonds. The maximum absolute atomic E-state index is 13.8. The molecule has 0 aliphatic carbocycles. The third-order valence-electron chi connectivity index (χ3n) is 3.77. The van der Waals surface area contributed by atoms with Crippen LogP contribution in [-0.2, 0) is 0 Å². The molecule has 1 N–H and O–H groups in total. The number of nitrogens with one attached hydrogen (secondary N) is 1. The monoisotopic (exact) mass is 295 g/mol. The Morgan fingerprint density at radius 3 is 2.52 bits per heavy atom. The molecule has 120 valence electrons. The molecule has 1 unspecified atom stereocenters. The zero-order valence-electron chi connectivity index (χ0n) is 14.0. The molecule has 0 saturated heterocycles. The van der Waals surface area contributed by atoms with E-state index in [9.17, 15) is 4.39 Å². The third-order valence-corrected chi connectivity index (χ3v) is 3.77. The molecule has 1 aromatic carbocycles. The predicted molar refractivity (Wildman–Crippen MR) is 87.5 cm³/mol. The maximum Gasteiger partial charge on any atom is 0.126 e. The lowest BCUT2D eigenvalue weighted by molar-refractivity contribution is 0.298. The van der Waals surface area contributed by atoms with Crippen LogP contribution in [0.5, 0.6) is 5.75 Å². The average molecular weight is 295 g/mol. The van der Waals surface area contributed by atoms with Crippen molar-refractivity contribution in [3.63, 3.8) is 0 Å². The van der Waals surface area contributed by atoms with Crippen molar-refractivity contribution in [2.45, 2.75) is 65.8 Å². The van der Waals surface area contributed by atoms with E-state index in [0.29, 0.717) is 12.2 Å². The Morgan fingerprint density at radius 1 is 1.14 bits per heavy atom. The minimum absolute atomic E-state index is 0.0974. The molecule has 1 rings (SSSR count). The van der Waals surface area contributed by atoms with E-state index in [1.165, 1.54) is 25.7 Å². The Hall–Kier alpha value is -1.09. The van der Waals surface area contributed by atoms with Crippen molar-refractivity contribution in [1.29, 1.82) is 0 Å². The summed E-state index contributed by atoms with van der Waals surface area (Å²) in [4.78, 5) is 0. The lowest BCUT2D eigenvalue weighted by Gasteiger charge is -2.19. The minimum atomic E-state index is -0.162.